The van der Waals surface area contributed by atoms with Crippen molar-refractivity contribution in [3.63, 3.8) is 0 Å². The average molecular weight is 319 g/mol. The molecule has 0 spiro atoms. The first kappa shape index (κ1) is 16.7. The van der Waals surface area contributed by atoms with Crippen molar-refractivity contribution in [3.05, 3.63) is 43.0 Å². The first-order chi connectivity index (χ1) is 11.0. The molecule has 0 bridgehead atoms. The van der Waals surface area contributed by atoms with E-state index in [9.17, 15) is 14.4 Å². The predicted octanol–water partition coefficient (Wildman–Crippen LogP) is 1.53. The van der Waals surface area contributed by atoms with Gasteiger partial charge in [-0.15, -0.1) is 0 Å². The normalized spacial score (nSPS) is 20.7. The molecule has 23 heavy (non-hydrogen) atoms. The van der Waals surface area contributed by atoms with Crippen LogP contribution in [0.2, 0.25) is 0 Å². The van der Waals surface area contributed by atoms with Gasteiger partial charge >= 0.3 is 12.1 Å². The van der Waals surface area contributed by atoms with E-state index in [-0.39, 0.29) is 19.8 Å². The van der Waals surface area contributed by atoms with Gasteiger partial charge in [-0.2, -0.15) is 0 Å². The third-order valence-corrected chi connectivity index (χ3v) is 3.25. The Kier molecular flexibility index (Phi) is 5.13. The zero-order valence-electron chi connectivity index (χ0n) is 12.7. The van der Waals surface area contributed by atoms with Gasteiger partial charge in [-0.1, -0.05) is 30.9 Å². The number of nitrogens with zero attached hydrogens (tertiary/aromatic N) is 1. The Hall–Kier alpha value is -2.67. The monoisotopic (exact) mass is 319 g/mol. The summed E-state index contributed by atoms with van der Waals surface area (Å²) in [4.78, 5) is 37.5. The Bertz CT molecular complexity index is 614. The van der Waals surface area contributed by atoms with Crippen LogP contribution in [-0.2, 0) is 19.1 Å². The van der Waals surface area contributed by atoms with Gasteiger partial charge < -0.3 is 14.2 Å². The lowest BCUT2D eigenvalue weighted by molar-refractivity contribution is -0.186. The molecule has 1 aliphatic rings. The molecule has 1 fully saturated rings. The number of esters is 1. The Balaban J connectivity index is 2.11. The van der Waals surface area contributed by atoms with E-state index in [2.05, 4.69) is 6.58 Å². The van der Waals surface area contributed by atoms with Crippen LogP contribution < -0.4 is 4.74 Å². The van der Waals surface area contributed by atoms with Crippen LogP contribution in [0, 0.1) is 0 Å². The molecule has 1 atom stereocenters. The van der Waals surface area contributed by atoms with E-state index in [1.807, 2.05) is 0 Å². The SMILES string of the molecule is C=CCOC(=O)C1(C)OCCN(C(=O)Oc2ccccc2)C1=O. The van der Waals surface area contributed by atoms with Gasteiger partial charge in [-0.25, -0.2) is 14.5 Å². The number of para-hydroxylation sites is 1. The number of ether oxygens (including phenoxy) is 3. The molecule has 0 aromatic heterocycles. The molecule has 0 aliphatic carbocycles. The molecule has 1 aliphatic heterocycles. The lowest BCUT2D eigenvalue weighted by Gasteiger charge is -2.35. The molecule has 7 heteroatoms. The minimum absolute atomic E-state index is 0.00513. The number of rotatable bonds is 4. The summed E-state index contributed by atoms with van der Waals surface area (Å²) in [5.74, 6) is -1.40. The molecule has 2 amide bonds. The highest BCUT2D eigenvalue weighted by atomic mass is 16.6. The van der Waals surface area contributed by atoms with Crippen LogP contribution in [0.5, 0.6) is 5.75 Å². The number of carbonyl (C=O) groups is 3. The van der Waals surface area contributed by atoms with Crippen molar-refractivity contribution in [2.75, 3.05) is 19.8 Å². The van der Waals surface area contributed by atoms with Crippen molar-refractivity contribution in [2.45, 2.75) is 12.5 Å². The minimum atomic E-state index is -1.88. The number of imide groups is 1. The van der Waals surface area contributed by atoms with Gasteiger partial charge in [0.15, 0.2) is 0 Å². The molecule has 1 saturated heterocycles. The van der Waals surface area contributed by atoms with E-state index in [1.54, 1.807) is 30.3 Å². The maximum atomic E-state index is 12.5. The van der Waals surface area contributed by atoms with Crippen molar-refractivity contribution in [2.24, 2.45) is 0 Å². The van der Waals surface area contributed by atoms with Gasteiger partial charge in [0.2, 0.25) is 5.60 Å². The van der Waals surface area contributed by atoms with Crippen LogP contribution in [-0.4, -0.2) is 48.2 Å². The van der Waals surface area contributed by atoms with Gasteiger partial charge in [0.25, 0.3) is 5.91 Å². The molecule has 0 N–H and O–H groups in total. The molecule has 1 heterocycles. The van der Waals surface area contributed by atoms with Gasteiger partial charge in [0.1, 0.15) is 12.4 Å². The number of morpholine rings is 1. The maximum absolute atomic E-state index is 12.5. The number of amides is 2. The van der Waals surface area contributed by atoms with Crippen LogP contribution in [0.3, 0.4) is 0 Å². The quantitative estimate of drug-likeness (QED) is 0.475. The highest BCUT2D eigenvalue weighted by Gasteiger charge is 2.51. The number of benzene rings is 1. The van der Waals surface area contributed by atoms with E-state index in [0.717, 1.165) is 4.90 Å². The summed E-state index contributed by atoms with van der Waals surface area (Å²) in [5.41, 5.74) is -1.88. The highest BCUT2D eigenvalue weighted by Crippen LogP contribution is 2.22. The topological polar surface area (TPSA) is 82.1 Å². The van der Waals surface area contributed by atoms with E-state index >= 15 is 0 Å². The first-order valence-electron chi connectivity index (χ1n) is 7.00. The Morgan fingerprint density at radius 1 is 1.39 bits per heavy atom. The van der Waals surface area contributed by atoms with Crippen LogP contribution in [0.1, 0.15) is 6.92 Å². The fraction of sp³-hybridized carbons (Fsp3) is 0.312. The van der Waals surface area contributed by atoms with E-state index < -0.39 is 23.6 Å². The Morgan fingerprint density at radius 2 is 2.09 bits per heavy atom. The Morgan fingerprint density at radius 3 is 2.74 bits per heavy atom. The van der Waals surface area contributed by atoms with Crippen molar-refractivity contribution in [3.8, 4) is 5.75 Å². The molecule has 1 aromatic carbocycles. The molecule has 0 saturated carbocycles. The van der Waals surface area contributed by atoms with Crippen molar-refractivity contribution in [1.29, 1.82) is 0 Å². The van der Waals surface area contributed by atoms with Crippen LogP contribution in [0.25, 0.3) is 0 Å². The standard InChI is InChI=1S/C16H17NO6/c1-3-10-21-14(19)16(2)13(18)17(9-11-22-16)15(20)23-12-7-5-4-6-8-12/h3-8H,1,9-11H2,2H3. The molecular formula is C16H17NO6. The van der Waals surface area contributed by atoms with Gasteiger partial charge in [0.05, 0.1) is 13.2 Å². The summed E-state index contributed by atoms with van der Waals surface area (Å²) in [5, 5.41) is 0. The molecule has 0 radical (unpaired) electrons. The second kappa shape index (κ2) is 7.06. The second-order valence-electron chi connectivity index (χ2n) is 4.91. The lowest BCUT2D eigenvalue weighted by atomic mass is 10.0. The van der Waals surface area contributed by atoms with Crippen LogP contribution in [0.15, 0.2) is 43.0 Å². The number of hydrogen-bond acceptors (Lipinski definition) is 6. The van der Waals surface area contributed by atoms with Crippen molar-refractivity contribution < 1.29 is 28.6 Å². The van der Waals surface area contributed by atoms with E-state index in [0.29, 0.717) is 5.75 Å². The summed E-state index contributed by atoms with van der Waals surface area (Å²) in [6, 6.07) is 8.33. The van der Waals surface area contributed by atoms with Gasteiger partial charge in [-0.05, 0) is 19.1 Å². The summed E-state index contributed by atoms with van der Waals surface area (Å²) >= 11 is 0. The Labute approximate surface area is 133 Å². The largest absolute Gasteiger partial charge is 0.459 e. The molecular weight excluding hydrogens is 302 g/mol. The molecule has 1 unspecified atom stereocenters. The third-order valence-electron chi connectivity index (χ3n) is 3.25. The van der Waals surface area contributed by atoms with Crippen molar-refractivity contribution in [1.82, 2.24) is 4.90 Å². The zero-order valence-corrected chi connectivity index (χ0v) is 12.7. The smallest absolute Gasteiger partial charge is 0.422 e. The lowest BCUT2D eigenvalue weighted by Crippen LogP contribution is -2.61. The molecule has 2 rings (SSSR count). The van der Waals surface area contributed by atoms with Crippen molar-refractivity contribution >= 4 is 18.0 Å². The number of carbonyl (C=O) groups excluding carboxylic acids is 3. The number of hydrogen-bond donors (Lipinski definition) is 0. The van der Waals surface area contributed by atoms with Crippen LogP contribution in [0.4, 0.5) is 4.79 Å². The molecule has 7 nitrogen and oxygen atoms in total. The fourth-order valence-electron chi connectivity index (χ4n) is 2.00. The minimum Gasteiger partial charge on any atom is -0.459 e. The van der Waals surface area contributed by atoms with E-state index in [4.69, 9.17) is 14.2 Å². The fourth-order valence-corrected chi connectivity index (χ4v) is 2.00. The van der Waals surface area contributed by atoms with E-state index in [1.165, 1.54) is 13.0 Å². The highest BCUT2D eigenvalue weighted by molar-refractivity contribution is 6.10. The van der Waals surface area contributed by atoms with Gasteiger partial charge in [0, 0.05) is 0 Å². The summed E-state index contributed by atoms with van der Waals surface area (Å²) < 4.78 is 15.2. The maximum Gasteiger partial charge on any atom is 0.422 e. The molecule has 1 aromatic rings. The third kappa shape index (κ3) is 3.57. The average Bonchev–Trinajstić information content (AvgIpc) is 2.56. The van der Waals surface area contributed by atoms with Crippen LogP contribution >= 0.6 is 0 Å². The predicted molar refractivity (Wildman–Crippen MR) is 79.7 cm³/mol. The summed E-state index contributed by atoms with van der Waals surface area (Å²) in [6.07, 6.45) is 0.503. The zero-order chi connectivity index (χ0) is 16.9. The second-order valence-corrected chi connectivity index (χ2v) is 4.91. The van der Waals surface area contributed by atoms with Gasteiger partial charge in [-0.3, -0.25) is 4.79 Å². The summed E-state index contributed by atoms with van der Waals surface area (Å²) in [6.45, 7) is 4.64. The first-order valence-corrected chi connectivity index (χ1v) is 7.00. The summed E-state index contributed by atoms with van der Waals surface area (Å²) in [7, 11) is 0. The molecule has 122 valence electrons.